The van der Waals surface area contributed by atoms with Crippen LogP contribution in [-0.4, -0.2) is 13.2 Å². The lowest BCUT2D eigenvalue weighted by atomic mass is 10.1. The number of benzene rings is 2. The molecule has 0 radical (unpaired) electrons. The number of nitrogens with two attached hydrogens (primary N) is 1. The Hall–Kier alpha value is -2.23. The first-order valence-electron chi connectivity index (χ1n) is 6.75. The highest BCUT2D eigenvalue weighted by atomic mass is 19.1. The van der Waals surface area contributed by atoms with Gasteiger partial charge in [-0.1, -0.05) is 18.2 Å². The van der Waals surface area contributed by atoms with Crippen molar-refractivity contribution in [3.63, 3.8) is 0 Å². The highest BCUT2D eigenvalue weighted by molar-refractivity contribution is 5.60. The maximum Gasteiger partial charge on any atom is 0.142 e. The largest absolute Gasteiger partial charge is 0.491 e. The van der Waals surface area contributed by atoms with E-state index in [4.69, 9.17) is 10.5 Å². The molecule has 0 spiro atoms. The van der Waals surface area contributed by atoms with Crippen LogP contribution in [0.15, 0.2) is 42.5 Å². The second-order valence-corrected chi connectivity index (χ2v) is 4.93. The van der Waals surface area contributed by atoms with Gasteiger partial charge in [-0.2, -0.15) is 0 Å². The van der Waals surface area contributed by atoms with Gasteiger partial charge in [0.1, 0.15) is 11.6 Å². The van der Waals surface area contributed by atoms with Crippen LogP contribution in [0.5, 0.6) is 5.75 Å². The van der Waals surface area contributed by atoms with Crippen molar-refractivity contribution in [1.82, 2.24) is 0 Å². The smallest absolute Gasteiger partial charge is 0.142 e. The molecule has 104 valence electrons. The Morgan fingerprint density at radius 3 is 2.90 bits per heavy atom. The molecule has 1 heterocycles. The van der Waals surface area contributed by atoms with Crippen molar-refractivity contribution < 1.29 is 9.13 Å². The first-order chi connectivity index (χ1) is 9.74. The van der Waals surface area contributed by atoms with Gasteiger partial charge < -0.3 is 15.4 Å². The average molecular weight is 272 g/mol. The molecule has 2 aromatic carbocycles. The van der Waals surface area contributed by atoms with Gasteiger partial charge in [0.25, 0.3) is 0 Å². The molecule has 0 atom stereocenters. The lowest BCUT2D eigenvalue weighted by molar-refractivity contribution is 0.322. The van der Waals surface area contributed by atoms with Gasteiger partial charge in [0.05, 0.1) is 12.3 Å². The minimum atomic E-state index is -0.300. The Bertz CT molecular complexity index is 615. The quantitative estimate of drug-likeness (QED) is 0.853. The van der Waals surface area contributed by atoms with E-state index < -0.39 is 0 Å². The van der Waals surface area contributed by atoms with Crippen molar-refractivity contribution in [3.05, 3.63) is 53.8 Å². The number of ether oxygens (including phenoxy) is 1. The Morgan fingerprint density at radius 2 is 2.05 bits per heavy atom. The van der Waals surface area contributed by atoms with Crippen LogP contribution in [0, 0.1) is 5.82 Å². The lowest BCUT2D eigenvalue weighted by Crippen LogP contribution is -2.23. The van der Waals surface area contributed by atoms with E-state index in [0.29, 0.717) is 18.8 Å². The van der Waals surface area contributed by atoms with E-state index in [-0.39, 0.29) is 5.82 Å². The Labute approximate surface area is 117 Å². The van der Waals surface area contributed by atoms with Gasteiger partial charge >= 0.3 is 0 Å². The van der Waals surface area contributed by atoms with Crippen LogP contribution in [0.3, 0.4) is 0 Å². The summed E-state index contributed by atoms with van der Waals surface area (Å²) in [5, 5.41) is 0. The standard InChI is InChI=1S/C16H17FN2O/c17-13-7-6-12(14(18)10-13)11-19-8-3-9-20-16-5-2-1-4-15(16)19/h1-2,4-7,10H,3,8-9,11,18H2. The van der Waals surface area contributed by atoms with E-state index >= 15 is 0 Å². The molecular formula is C16H17FN2O. The molecule has 20 heavy (non-hydrogen) atoms. The molecule has 0 aromatic heterocycles. The van der Waals surface area contributed by atoms with Crippen LogP contribution >= 0.6 is 0 Å². The number of fused-ring (bicyclic) bond motifs is 1. The zero-order valence-corrected chi connectivity index (χ0v) is 11.2. The van der Waals surface area contributed by atoms with Crippen LogP contribution in [-0.2, 0) is 6.54 Å². The van der Waals surface area contributed by atoms with Crippen LogP contribution in [0.2, 0.25) is 0 Å². The Kier molecular flexibility index (Phi) is 3.46. The SMILES string of the molecule is Nc1cc(F)ccc1CN1CCCOc2ccccc21. The number of nitrogens with zero attached hydrogens (tertiary/aromatic N) is 1. The van der Waals surface area contributed by atoms with Crippen molar-refractivity contribution in [3.8, 4) is 5.75 Å². The van der Waals surface area contributed by atoms with E-state index in [9.17, 15) is 4.39 Å². The van der Waals surface area contributed by atoms with E-state index in [1.165, 1.54) is 12.1 Å². The van der Waals surface area contributed by atoms with Crippen LogP contribution in [0.1, 0.15) is 12.0 Å². The number of anilines is 2. The number of hydrogen-bond donors (Lipinski definition) is 1. The average Bonchev–Trinajstić information content (AvgIpc) is 2.65. The van der Waals surface area contributed by atoms with Gasteiger partial charge in [-0.3, -0.25) is 0 Å². The maximum absolute atomic E-state index is 13.1. The number of rotatable bonds is 2. The maximum atomic E-state index is 13.1. The van der Waals surface area contributed by atoms with Crippen molar-refractivity contribution in [2.45, 2.75) is 13.0 Å². The van der Waals surface area contributed by atoms with Gasteiger partial charge in [0.2, 0.25) is 0 Å². The molecular weight excluding hydrogens is 255 g/mol. The van der Waals surface area contributed by atoms with Crippen molar-refractivity contribution in [2.24, 2.45) is 0 Å². The fraction of sp³-hybridized carbons (Fsp3) is 0.250. The van der Waals surface area contributed by atoms with Gasteiger partial charge in [-0.05, 0) is 36.2 Å². The monoisotopic (exact) mass is 272 g/mol. The van der Waals surface area contributed by atoms with Crippen molar-refractivity contribution in [2.75, 3.05) is 23.8 Å². The molecule has 0 unspecified atom stereocenters. The topological polar surface area (TPSA) is 38.5 Å². The molecule has 1 aliphatic rings. The molecule has 3 rings (SSSR count). The molecule has 1 aliphatic heterocycles. The lowest BCUT2D eigenvalue weighted by Gasteiger charge is -2.24. The van der Waals surface area contributed by atoms with E-state index in [1.807, 2.05) is 24.3 Å². The minimum absolute atomic E-state index is 0.300. The summed E-state index contributed by atoms with van der Waals surface area (Å²) in [4.78, 5) is 2.23. The minimum Gasteiger partial charge on any atom is -0.491 e. The highest BCUT2D eigenvalue weighted by Crippen LogP contribution is 2.32. The van der Waals surface area contributed by atoms with Gasteiger partial charge in [0, 0.05) is 18.8 Å². The summed E-state index contributed by atoms with van der Waals surface area (Å²) in [5.74, 6) is 0.594. The molecule has 0 saturated heterocycles. The fourth-order valence-electron chi connectivity index (χ4n) is 2.48. The second kappa shape index (κ2) is 5.41. The molecule has 3 nitrogen and oxygen atoms in total. The summed E-state index contributed by atoms with van der Waals surface area (Å²) in [6.07, 6.45) is 0.954. The zero-order chi connectivity index (χ0) is 13.9. The summed E-state index contributed by atoms with van der Waals surface area (Å²) in [6.45, 7) is 2.27. The summed E-state index contributed by atoms with van der Waals surface area (Å²) < 4.78 is 18.8. The molecule has 4 heteroatoms. The summed E-state index contributed by atoms with van der Waals surface area (Å²) in [5.41, 5.74) is 8.39. The number of halogens is 1. The van der Waals surface area contributed by atoms with E-state index in [1.54, 1.807) is 6.07 Å². The molecule has 0 fully saturated rings. The summed E-state index contributed by atoms with van der Waals surface area (Å²) in [6, 6.07) is 12.5. The molecule has 0 saturated carbocycles. The van der Waals surface area contributed by atoms with Crippen LogP contribution < -0.4 is 15.4 Å². The van der Waals surface area contributed by atoms with Crippen molar-refractivity contribution >= 4 is 11.4 Å². The van der Waals surface area contributed by atoms with Gasteiger partial charge in [-0.15, -0.1) is 0 Å². The molecule has 0 amide bonds. The third kappa shape index (κ3) is 2.54. The summed E-state index contributed by atoms with van der Waals surface area (Å²) >= 11 is 0. The van der Waals surface area contributed by atoms with Crippen LogP contribution in [0.4, 0.5) is 15.8 Å². The third-order valence-electron chi connectivity index (χ3n) is 3.51. The molecule has 0 bridgehead atoms. The molecule has 2 aromatic rings. The highest BCUT2D eigenvalue weighted by Gasteiger charge is 2.16. The van der Waals surface area contributed by atoms with Gasteiger partial charge in [0.15, 0.2) is 0 Å². The molecule has 0 aliphatic carbocycles. The van der Waals surface area contributed by atoms with Gasteiger partial charge in [-0.25, -0.2) is 4.39 Å². The van der Waals surface area contributed by atoms with E-state index in [2.05, 4.69) is 4.90 Å². The fourth-order valence-corrected chi connectivity index (χ4v) is 2.48. The Morgan fingerprint density at radius 1 is 1.20 bits per heavy atom. The normalized spacial score (nSPS) is 14.3. The first kappa shape index (κ1) is 12.8. The summed E-state index contributed by atoms with van der Waals surface area (Å²) in [7, 11) is 0. The first-order valence-corrected chi connectivity index (χ1v) is 6.75. The second-order valence-electron chi connectivity index (χ2n) is 4.93. The van der Waals surface area contributed by atoms with Crippen molar-refractivity contribution in [1.29, 1.82) is 0 Å². The van der Waals surface area contributed by atoms with Crippen LogP contribution in [0.25, 0.3) is 0 Å². The number of hydrogen-bond acceptors (Lipinski definition) is 3. The predicted molar refractivity (Wildman–Crippen MR) is 78.4 cm³/mol. The number of nitrogen functional groups attached to an aromatic ring is 1. The Balaban J connectivity index is 1.90. The van der Waals surface area contributed by atoms with E-state index in [0.717, 1.165) is 30.0 Å². The predicted octanol–water partition coefficient (Wildman–Crippen LogP) is 3.20. The number of para-hydroxylation sites is 2. The zero-order valence-electron chi connectivity index (χ0n) is 11.2. The molecule has 2 N–H and O–H groups in total. The third-order valence-corrected chi connectivity index (χ3v) is 3.51.